The molecule has 0 spiro atoms. The molecule has 0 aromatic rings. The van der Waals surface area contributed by atoms with Crippen molar-refractivity contribution in [3.05, 3.63) is 12.2 Å². The van der Waals surface area contributed by atoms with Gasteiger partial charge in [-0.05, 0) is 0 Å². The Bertz CT molecular complexity index is 390. The van der Waals surface area contributed by atoms with Gasteiger partial charge in [0.25, 0.3) is 0 Å². The molecule has 8 nitrogen and oxygen atoms in total. The average Bonchev–Trinajstić information content (AvgIpc) is 2.98. The Balaban J connectivity index is 1.76. The maximum absolute atomic E-state index is 11.4. The van der Waals surface area contributed by atoms with Crippen LogP contribution in [0.5, 0.6) is 0 Å². The molecule has 0 aliphatic carbocycles. The number of nitrogens with one attached hydrogen (secondary N) is 1. The van der Waals surface area contributed by atoms with E-state index < -0.39 is 0 Å². The number of carbonyl (C=O) groups excluding carboxylic acids is 2. The Hall–Kier alpha value is -1.32. The third-order valence-electron chi connectivity index (χ3n) is 3.32. The monoisotopic (exact) mass is 343 g/mol. The van der Waals surface area contributed by atoms with Gasteiger partial charge in [-0.3, -0.25) is 9.59 Å². The summed E-state index contributed by atoms with van der Waals surface area (Å²) in [5.74, 6) is 0.157. The van der Waals surface area contributed by atoms with Crippen LogP contribution in [0.3, 0.4) is 0 Å². The molecule has 8 heteroatoms. The maximum Gasteiger partial charge on any atom is 0.246 e. The number of ketones is 1. The van der Waals surface area contributed by atoms with Crippen molar-refractivity contribution in [3.8, 4) is 0 Å². The molecule has 0 aromatic carbocycles. The van der Waals surface area contributed by atoms with Crippen LogP contribution in [0.25, 0.3) is 0 Å². The van der Waals surface area contributed by atoms with E-state index >= 15 is 0 Å². The largest absolute Gasteiger partial charge is 0.379 e. The third kappa shape index (κ3) is 10.5. The van der Waals surface area contributed by atoms with Gasteiger partial charge in [0.1, 0.15) is 5.78 Å². The number of ether oxygens (including phenoxy) is 3. The van der Waals surface area contributed by atoms with Crippen LogP contribution in [-0.2, 0) is 23.8 Å². The Morgan fingerprint density at radius 3 is 2.42 bits per heavy atom. The minimum atomic E-state index is 0.0423. The van der Waals surface area contributed by atoms with E-state index in [4.69, 9.17) is 19.9 Å². The summed E-state index contributed by atoms with van der Waals surface area (Å²) >= 11 is 0. The Labute approximate surface area is 143 Å². The van der Waals surface area contributed by atoms with Gasteiger partial charge >= 0.3 is 0 Å². The first kappa shape index (κ1) is 20.7. The van der Waals surface area contributed by atoms with Gasteiger partial charge in [0.05, 0.1) is 46.2 Å². The summed E-state index contributed by atoms with van der Waals surface area (Å²) in [6.07, 6.45) is 3.81. The zero-order chi connectivity index (χ0) is 17.5. The van der Waals surface area contributed by atoms with Crippen molar-refractivity contribution in [3.63, 3.8) is 0 Å². The van der Waals surface area contributed by atoms with Crippen molar-refractivity contribution in [1.82, 2.24) is 10.2 Å². The van der Waals surface area contributed by atoms with Crippen LogP contribution in [0.4, 0.5) is 0 Å². The van der Waals surface area contributed by atoms with Gasteiger partial charge in [0.15, 0.2) is 0 Å². The lowest BCUT2D eigenvalue weighted by atomic mass is 10.3. The summed E-state index contributed by atoms with van der Waals surface area (Å²) in [4.78, 5) is 24.4. The fourth-order valence-corrected chi connectivity index (χ4v) is 2.00. The number of hydrogen-bond donors (Lipinski definition) is 2. The molecular formula is C16H29N3O5. The first-order chi connectivity index (χ1) is 11.7. The molecular weight excluding hydrogens is 314 g/mol. The molecule has 0 atom stereocenters. The van der Waals surface area contributed by atoms with E-state index in [1.54, 1.807) is 11.0 Å². The Morgan fingerprint density at radius 2 is 1.79 bits per heavy atom. The van der Waals surface area contributed by atoms with Crippen LogP contribution in [0.1, 0.15) is 6.42 Å². The number of nitrogens with zero attached hydrogens (tertiary/aromatic N) is 1. The molecule has 3 N–H and O–H groups in total. The van der Waals surface area contributed by atoms with Crippen LogP contribution in [0.15, 0.2) is 12.2 Å². The van der Waals surface area contributed by atoms with Crippen LogP contribution in [0, 0.1) is 0 Å². The van der Waals surface area contributed by atoms with Crippen molar-refractivity contribution < 1.29 is 23.8 Å². The minimum Gasteiger partial charge on any atom is -0.379 e. The molecule has 0 fully saturated rings. The van der Waals surface area contributed by atoms with Crippen LogP contribution in [0.2, 0.25) is 0 Å². The van der Waals surface area contributed by atoms with E-state index in [2.05, 4.69) is 5.32 Å². The molecule has 24 heavy (non-hydrogen) atoms. The van der Waals surface area contributed by atoms with E-state index in [-0.39, 0.29) is 11.7 Å². The lowest BCUT2D eigenvalue weighted by Crippen LogP contribution is -2.29. The molecule has 138 valence electrons. The molecule has 0 radical (unpaired) electrons. The quantitative estimate of drug-likeness (QED) is 0.344. The number of Topliss-reactive ketones (excluding diaryl/α,β-unsaturated/α-hetero) is 1. The standard InChI is InChI=1S/C16H29N3O5/c17-4-5-18-14-15(20)3-8-22-10-12-24-13-11-23-9-7-19-6-1-2-16(19)21/h1-2,18H,3-14,17H2. The highest BCUT2D eigenvalue weighted by atomic mass is 16.5. The van der Waals surface area contributed by atoms with Gasteiger partial charge in [0.2, 0.25) is 5.91 Å². The smallest absolute Gasteiger partial charge is 0.246 e. The zero-order valence-corrected chi connectivity index (χ0v) is 14.2. The normalized spacial score (nSPS) is 13.9. The number of rotatable bonds is 16. The highest BCUT2D eigenvalue weighted by molar-refractivity contribution is 5.89. The predicted octanol–water partition coefficient (Wildman–Crippen LogP) is -1.06. The molecule has 1 rings (SSSR count). The second-order valence-corrected chi connectivity index (χ2v) is 5.28. The summed E-state index contributed by atoms with van der Waals surface area (Å²) in [7, 11) is 0. The maximum atomic E-state index is 11.4. The Kier molecular flexibility index (Phi) is 12.1. The van der Waals surface area contributed by atoms with Gasteiger partial charge in [-0.25, -0.2) is 0 Å². The van der Waals surface area contributed by atoms with Crippen LogP contribution < -0.4 is 11.1 Å². The van der Waals surface area contributed by atoms with Gasteiger partial charge in [-0.2, -0.15) is 0 Å². The summed E-state index contributed by atoms with van der Waals surface area (Å²) < 4.78 is 16.1. The first-order valence-electron chi connectivity index (χ1n) is 8.35. The molecule has 0 saturated heterocycles. The summed E-state index contributed by atoms with van der Waals surface area (Å²) in [6.45, 7) is 5.59. The fraction of sp³-hybridized carbons (Fsp3) is 0.750. The Morgan fingerprint density at radius 1 is 1.12 bits per heavy atom. The second kappa shape index (κ2) is 14.1. The van der Waals surface area contributed by atoms with Gasteiger partial charge in [-0.1, -0.05) is 6.08 Å². The fourth-order valence-electron chi connectivity index (χ4n) is 2.00. The van der Waals surface area contributed by atoms with Crippen molar-refractivity contribution >= 4 is 11.7 Å². The number of nitrogens with two attached hydrogens (primary N) is 1. The number of hydrogen-bond acceptors (Lipinski definition) is 7. The highest BCUT2D eigenvalue weighted by Gasteiger charge is 2.13. The van der Waals surface area contributed by atoms with E-state index in [1.807, 2.05) is 6.08 Å². The van der Waals surface area contributed by atoms with Crippen molar-refractivity contribution in [2.45, 2.75) is 6.42 Å². The van der Waals surface area contributed by atoms with Crippen LogP contribution in [-0.4, -0.2) is 89.0 Å². The average molecular weight is 343 g/mol. The molecule has 0 aromatic heterocycles. The summed E-state index contributed by atoms with van der Waals surface area (Å²) in [5.41, 5.74) is 5.32. The number of amides is 1. The minimum absolute atomic E-state index is 0.0423. The molecule has 1 amide bonds. The number of carbonyl (C=O) groups is 2. The van der Waals surface area contributed by atoms with E-state index in [0.717, 1.165) is 0 Å². The van der Waals surface area contributed by atoms with E-state index in [0.29, 0.717) is 78.8 Å². The van der Waals surface area contributed by atoms with E-state index in [1.165, 1.54) is 0 Å². The van der Waals surface area contributed by atoms with Gasteiger partial charge in [0, 0.05) is 38.7 Å². The highest BCUT2D eigenvalue weighted by Crippen LogP contribution is 1.99. The van der Waals surface area contributed by atoms with Crippen molar-refractivity contribution in [1.29, 1.82) is 0 Å². The van der Waals surface area contributed by atoms with Crippen molar-refractivity contribution in [2.75, 3.05) is 72.4 Å². The third-order valence-corrected chi connectivity index (χ3v) is 3.32. The lowest BCUT2D eigenvalue weighted by Gasteiger charge is -2.15. The van der Waals surface area contributed by atoms with Crippen LogP contribution >= 0.6 is 0 Å². The molecule has 1 aliphatic rings. The summed E-state index contributed by atoms with van der Waals surface area (Å²) in [5, 5.41) is 2.95. The first-order valence-corrected chi connectivity index (χ1v) is 8.35. The zero-order valence-electron chi connectivity index (χ0n) is 14.2. The van der Waals surface area contributed by atoms with Gasteiger partial charge in [-0.15, -0.1) is 0 Å². The molecule has 0 unspecified atom stereocenters. The van der Waals surface area contributed by atoms with Gasteiger partial charge < -0.3 is 30.2 Å². The molecule has 0 bridgehead atoms. The topological polar surface area (TPSA) is 103 Å². The molecule has 1 aliphatic heterocycles. The van der Waals surface area contributed by atoms with Crippen molar-refractivity contribution in [2.24, 2.45) is 5.73 Å². The second-order valence-electron chi connectivity index (χ2n) is 5.28. The molecule has 0 saturated carbocycles. The summed E-state index contributed by atoms with van der Waals surface area (Å²) in [6, 6.07) is 0. The molecule has 1 heterocycles. The lowest BCUT2D eigenvalue weighted by molar-refractivity contribution is -0.125. The van der Waals surface area contributed by atoms with E-state index in [9.17, 15) is 9.59 Å². The SMILES string of the molecule is NCCNCC(=O)CCOCCOCCOCCN1CC=CC1=O. The predicted molar refractivity (Wildman–Crippen MR) is 89.7 cm³/mol.